The number of esters is 1. The van der Waals surface area contributed by atoms with Gasteiger partial charge in [0.05, 0.1) is 27.7 Å². The van der Waals surface area contributed by atoms with Gasteiger partial charge in [-0.3, -0.25) is 0 Å². The first-order valence-electron chi connectivity index (χ1n) is 8.84. The van der Waals surface area contributed by atoms with E-state index in [1.165, 1.54) is 0 Å². The highest BCUT2D eigenvalue weighted by molar-refractivity contribution is 9.10. The summed E-state index contributed by atoms with van der Waals surface area (Å²) in [4.78, 5) is 20.4. The summed E-state index contributed by atoms with van der Waals surface area (Å²) in [5, 5.41) is 0. The second-order valence-corrected chi connectivity index (χ2v) is 6.93. The normalized spacial score (nSPS) is 10.8. The minimum Gasteiger partial charge on any atom is -0.490 e. The number of H-pyrrole nitrogens is 1. The highest BCUT2D eigenvalue weighted by Gasteiger charge is 2.19. The predicted octanol–water partition coefficient (Wildman–Crippen LogP) is 5.61. The van der Waals surface area contributed by atoms with E-state index in [4.69, 9.17) is 9.47 Å². The zero-order chi connectivity index (χ0) is 19.5. The first-order valence-corrected chi connectivity index (χ1v) is 9.63. The average molecular weight is 437 g/mol. The molecule has 0 aliphatic heterocycles. The van der Waals surface area contributed by atoms with Gasteiger partial charge in [-0.25, -0.2) is 9.78 Å². The van der Waals surface area contributed by atoms with Crippen molar-refractivity contribution in [3.63, 3.8) is 0 Å². The second-order valence-electron chi connectivity index (χ2n) is 6.08. The Morgan fingerprint density at radius 2 is 1.82 bits per heavy atom. The minimum absolute atomic E-state index is 0.343. The van der Waals surface area contributed by atoms with Gasteiger partial charge >= 0.3 is 5.97 Å². The van der Waals surface area contributed by atoms with Crippen LogP contribution in [-0.4, -0.2) is 22.5 Å². The summed E-state index contributed by atoms with van der Waals surface area (Å²) < 4.78 is 12.0. The van der Waals surface area contributed by atoms with Crippen LogP contribution in [0, 0.1) is 0 Å². The molecule has 4 aromatic rings. The van der Waals surface area contributed by atoms with Gasteiger partial charge in [-0.1, -0.05) is 30.3 Å². The molecule has 4 rings (SSSR count). The van der Waals surface area contributed by atoms with Crippen LogP contribution in [0.15, 0.2) is 71.2 Å². The summed E-state index contributed by atoms with van der Waals surface area (Å²) in [6, 6.07) is 20.3. The third kappa shape index (κ3) is 3.64. The summed E-state index contributed by atoms with van der Waals surface area (Å²) >= 11 is 3.51. The van der Waals surface area contributed by atoms with Gasteiger partial charge in [0.2, 0.25) is 0 Å². The Labute approximate surface area is 170 Å². The molecule has 0 saturated heterocycles. The van der Waals surface area contributed by atoms with Crippen LogP contribution >= 0.6 is 15.9 Å². The van der Waals surface area contributed by atoms with Gasteiger partial charge in [-0.2, -0.15) is 0 Å². The van der Waals surface area contributed by atoms with Crippen LogP contribution in [0.5, 0.6) is 11.5 Å². The Kier molecular flexibility index (Phi) is 5.12. The molecule has 0 amide bonds. The lowest BCUT2D eigenvalue weighted by Crippen LogP contribution is -2.10. The number of fused-ring (bicyclic) bond motifs is 1. The van der Waals surface area contributed by atoms with Crippen molar-refractivity contribution in [3.8, 4) is 22.9 Å². The van der Waals surface area contributed by atoms with Crippen LogP contribution in [-0.2, 0) is 0 Å². The third-order valence-electron chi connectivity index (χ3n) is 4.18. The molecule has 3 aromatic carbocycles. The SMILES string of the molecule is CCOc1cc(-c2nc3ccccc3[nH]2)cc(Br)c1OC(=O)c1ccccc1. The molecule has 0 radical (unpaired) electrons. The number of para-hydroxylation sites is 2. The number of carbonyl (C=O) groups is 1. The van der Waals surface area contributed by atoms with Crippen molar-refractivity contribution in [2.45, 2.75) is 6.92 Å². The van der Waals surface area contributed by atoms with Gasteiger partial charge in [0.15, 0.2) is 11.5 Å². The van der Waals surface area contributed by atoms with Gasteiger partial charge in [-0.15, -0.1) is 0 Å². The second kappa shape index (κ2) is 7.86. The number of carbonyl (C=O) groups excluding carboxylic acids is 1. The number of nitrogens with one attached hydrogen (secondary N) is 1. The van der Waals surface area contributed by atoms with Crippen LogP contribution in [0.4, 0.5) is 0 Å². The van der Waals surface area contributed by atoms with Crippen molar-refractivity contribution in [1.82, 2.24) is 9.97 Å². The topological polar surface area (TPSA) is 64.2 Å². The minimum atomic E-state index is -0.446. The van der Waals surface area contributed by atoms with E-state index in [0.29, 0.717) is 34.0 Å². The number of ether oxygens (including phenoxy) is 2. The quantitative estimate of drug-likeness (QED) is 0.326. The summed E-state index contributed by atoms with van der Waals surface area (Å²) in [5.41, 5.74) is 3.13. The van der Waals surface area contributed by atoms with Crippen LogP contribution in [0.25, 0.3) is 22.4 Å². The van der Waals surface area contributed by atoms with Gasteiger partial charge in [0.25, 0.3) is 0 Å². The number of aromatic nitrogens is 2. The number of imidazole rings is 1. The van der Waals surface area contributed by atoms with Crippen LogP contribution in [0.1, 0.15) is 17.3 Å². The summed E-state index contributed by atoms with van der Waals surface area (Å²) in [5.74, 6) is 1.08. The lowest BCUT2D eigenvalue weighted by molar-refractivity contribution is 0.0727. The van der Waals surface area contributed by atoms with Crippen LogP contribution in [0.2, 0.25) is 0 Å². The third-order valence-corrected chi connectivity index (χ3v) is 4.77. The smallest absolute Gasteiger partial charge is 0.343 e. The maximum Gasteiger partial charge on any atom is 0.343 e. The van der Waals surface area contributed by atoms with Crippen LogP contribution in [0.3, 0.4) is 0 Å². The van der Waals surface area contributed by atoms with E-state index < -0.39 is 5.97 Å². The Morgan fingerprint density at radius 3 is 2.57 bits per heavy atom. The van der Waals surface area contributed by atoms with E-state index in [1.807, 2.05) is 49.4 Å². The molecule has 1 aromatic heterocycles. The van der Waals surface area contributed by atoms with E-state index in [2.05, 4.69) is 25.9 Å². The van der Waals surface area contributed by atoms with E-state index >= 15 is 0 Å². The Hall–Kier alpha value is -3.12. The predicted molar refractivity (Wildman–Crippen MR) is 112 cm³/mol. The first-order chi connectivity index (χ1) is 13.7. The molecule has 0 aliphatic rings. The summed E-state index contributed by atoms with van der Waals surface area (Å²) in [6.07, 6.45) is 0. The molecule has 0 spiro atoms. The van der Waals surface area contributed by atoms with Crippen LogP contribution < -0.4 is 9.47 Å². The number of benzene rings is 3. The molecule has 0 fully saturated rings. The maximum absolute atomic E-state index is 12.5. The Morgan fingerprint density at radius 1 is 1.07 bits per heavy atom. The van der Waals surface area contributed by atoms with Crippen molar-refractivity contribution in [2.24, 2.45) is 0 Å². The molecule has 0 aliphatic carbocycles. The van der Waals surface area contributed by atoms with E-state index in [1.54, 1.807) is 24.3 Å². The molecular weight excluding hydrogens is 420 g/mol. The molecule has 0 bridgehead atoms. The zero-order valence-electron chi connectivity index (χ0n) is 15.1. The van der Waals surface area contributed by atoms with Gasteiger partial charge in [0, 0.05) is 5.56 Å². The number of hydrogen-bond donors (Lipinski definition) is 1. The molecular formula is C22H17BrN2O3. The number of aromatic amines is 1. The van der Waals surface area contributed by atoms with Crippen molar-refractivity contribution in [2.75, 3.05) is 6.61 Å². The zero-order valence-corrected chi connectivity index (χ0v) is 16.7. The van der Waals surface area contributed by atoms with Crippen molar-refractivity contribution in [1.29, 1.82) is 0 Å². The Balaban J connectivity index is 1.72. The average Bonchev–Trinajstić information content (AvgIpc) is 3.15. The van der Waals surface area contributed by atoms with E-state index in [-0.39, 0.29) is 0 Å². The Bertz CT molecular complexity index is 1110. The highest BCUT2D eigenvalue weighted by Crippen LogP contribution is 2.40. The lowest BCUT2D eigenvalue weighted by Gasteiger charge is -2.14. The molecule has 0 unspecified atom stereocenters. The number of rotatable bonds is 5. The largest absolute Gasteiger partial charge is 0.490 e. The maximum atomic E-state index is 12.5. The highest BCUT2D eigenvalue weighted by atomic mass is 79.9. The van der Waals surface area contributed by atoms with Gasteiger partial charge < -0.3 is 14.5 Å². The first kappa shape index (κ1) is 18.3. The molecule has 140 valence electrons. The van der Waals surface area contributed by atoms with Crippen molar-refractivity contribution >= 4 is 32.9 Å². The molecule has 5 nitrogen and oxygen atoms in total. The molecule has 1 heterocycles. The molecule has 0 atom stereocenters. The monoisotopic (exact) mass is 436 g/mol. The van der Waals surface area contributed by atoms with Gasteiger partial charge in [0.1, 0.15) is 5.82 Å². The van der Waals surface area contributed by atoms with E-state index in [0.717, 1.165) is 16.6 Å². The fraction of sp³-hybridized carbons (Fsp3) is 0.0909. The van der Waals surface area contributed by atoms with E-state index in [9.17, 15) is 4.79 Å². The molecule has 1 N–H and O–H groups in total. The molecule has 6 heteroatoms. The van der Waals surface area contributed by atoms with Crippen molar-refractivity contribution in [3.05, 3.63) is 76.8 Å². The molecule has 0 saturated carbocycles. The lowest BCUT2D eigenvalue weighted by atomic mass is 10.2. The molecule has 28 heavy (non-hydrogen) atoms. The fourth-order valence-corrected chi connectivity index (χ4v) is 3.41. The summed E-state index contributed by atoms with van der Waals surface area (Å²) in [6.45, 7) is 2.32. The standard InChI is InChI=1S/C22H17BrN2O3/c1-2-27-19-13-15(21-24-17-10-6-7-11-18(17)25-21)12-16(23)20(19)28-22(26)14-8-4-3-5-9-14/h3-13H,2H2,1H3,(H,24,25). The van der Waals surface area contributed by atoms with Gasteiger partial charge in [-0.05, 0) is 59.3 Å². The summed E-state index contributed by atoms with van der Waals surface area (Å²) in [7, 11) is 0. The number of halogens is 1. The number of hydrogen-bond acceptors (Lipinski definition) is 4. The van der Waals surface area contributed by atoms with Crippen molar-refractivity contribution < 1.29 is 14.3 Å². The fourth-order valence-electron chi connectivity index (χ4n) is 2.88. The number of nitrogens with zero attached hydrogens (tertiary/aromatic N) is 1.